The lowest BCUT2D eigenvalue weighted by atomic mass is 10.3. The lowest BCUT2D eigenvalue weighted by Gasteiger charge is -2.18. The van der Waals surface area contributed by atoms with Crippen LogP contribution in [0.4, 0.5) is 5.69 Å². The standard InChI is InChI=1S/C16H17ClN4S2/c17-21-18-16(20(19-21)14-8-3-1-4-9-14)23-13-7-12-22-15-10-5-2-6-11-15/h1-6,8-11,19H,7,12-13H2. The fourth-order valence-electron chi connectivity index (χ4n) is 2.04. The fraction of sp³-hybridized carbons (Fsp3) is 0.188. The number of hydrogen-bond acceptors (Lipinski definition) is 6. The summed E-state index contributed by atoms with van der Waals surface area (Å²) in [6.07, 6.45) is 1.11. The van der Waals surface area contributed by atoms with Crippen LogP contribution < -0.4 is 10.5 Å². The minimum atomic E-state index is 0.857. The Labute approximate surface area is 149 Å². The molecule has 23 heavy (non-hydrogen) atoms. The summed E-state index contributed by atoms with van der Waals surface area (Å²) in [5.41, 5.74) is 4.00. The molecule has 4 nitrogen and oxygen atoms in total. The van der Waals surface area contributed by atoms with Gasteiger partial charge >= 0.3 is 0 Å². The van der Waals surface area contributed by atoms with Crippen molar-refractivity contribution in [2.24, 2.45) is 5.10 Å². The van der Waals surface area contributed by atoms with Crippen LogP contribution in [-0.2, 0) is 0 Å². The van der Waals surface area contributed by atoms with E-state index in [0.29, 0.717) is 0 Å². The van der Waals surface area contributed by atoms with Crippen molar-refractivity contribution in [1.82, 2.24) is 10.2 Å². The van der Waals surface area contributed by atoms with Crippen molar-refractivity contribution in [3.05, 3.63) is 60.7 Å². The number of hydrazone groups is 1. The smallest absolute Gasteiger partial charge is 0.206 e. The molecule has 1 N–H and O–H groups in total. The van der Waals surface area contributed by atoms with Crippen molar-refractivity contribution < 1.29 is 0 Å². The normalized spacial score (nSPS) is 14.2. The van der Waals surface area contributed by atoms with Crippen molar-refractivity contribution in [2.75, 3.05) is 16.5 Å². The van der Waals surface area contributed by atoms with Crippen LogP contribution in [0.1, 0.15) is 6.42 Å². The van der Waals surface area contributed by atoms with Crippen molar-refractivity contribution >= 4 is 46.2 Å². The molecule has 2 aromatic carbocycles. The van der Waals surface area contributed by atoms with Crippen molar-refractivity contribution in [1.29, 1.82) is 0 Å². The largest absolute Gasteiger partial charge is 0.232 e. The highest BCUT2D eigenvalue weighted by Gasteiger charge is 2.23. The third-order valence-corrected chi connectivity index (χ3v) is 5.36. The Morgan fingerprint density at radius 2 is 1.57 bits per heavy atom. The van der Waals surface area contributed by atoms with E-state index in [4.69, 9.17) is 11.8 Å². The number of para-hydroxylation sites is 1. The van der Waals surface area contributed by atoms with Gasteiger partial charge < -0.3 is 0 Å². The number of amidine groups is 1. The van der Waals surface area contributed by atoms with Gasteiger partial charge in [-0.25, -0.2) is 5.01 Å². The van der Waals surface area contributed by atoms with Crippen LogP contribution in [0.2, 0.25) is 0 Å². The van der Waals surface area contributed by atoms with Crippen LogP contribution in [0.25, 0.3) is 0 Å². The summed E-state index contributed by atoms with van der Waals surface area (Å²) in [6, 6.07) is 20.5. The molecule has 1 aliphatic heterocycles. The molecule has 0 atom stereocenters. The second-order valence-electron chi connectivity index (χ2n) is 4.78. The number of thioether (sulfide) groups is 2. The van der Waals surface area contributed by atoms with Crippen molar-refractivity contribution in [2.45, 2.75) is 11.3 Å². The van der Waals surface area contributed by atoms with Crippen LogP contribution >= 0.6 is 35.3 Å². The minimum absolute atomic E-state index is 0.857. The number of hydrogen-bond donors (Lipinski definition) is 1. The van der Waals surface area contributed by atoms with Gasteiger partial charge in [0.05, 0.1) is 17.5 Å². The number of nitrogens with zero attached hydrogens (tertiary/aromatic N) is 3. The van der Waals surface area contributed by atoms with Crippen LogP contribution in [0, 0.1) is 0 Å². The molecular weight excluding hydrogens is 348 g/mol. The maximum absolute atomic E-state index is 5.95. The number of halogens is 1. The maximum Gasteiger partial charge on any atom is 0.206 e. The van der Waals surface area contributed by atoms with Crippen LogP contribution in [-0.4, -0.2) is 21.3 Å². The third-order valence-electron chi connectivity index (χ3n) is 3.09. The molecule has 0 fully saturated rings. The van der Waals surface area contributed by atoms with E-state index in [0.717, 1.165) is 28.8 Å². The summed E-state index contributed by atoms with van der Waals surface area (Å²) < 4.78 is 1.22. The first kappa shape index (κ1) is 16.5. The monoisotopic (exact) mass is 364 g/mol. The fourth-order valence-corrected chi connectivity index (χ4v) is 4.17. The molecule has 0 spiro atoms. The molecule has 0 aromatic heterocycles. The Hall–Kier alpha value is -1.34. The second kappa shape index (κ2) is 8.49. The molecule has 0 saturated carbocycles. The Bertz CT molecular complexity index is 639. The zero-order chi connectivity index (χ0) is 15.9. The molecule has 0 aliphatic carbocycles. The van der Waals surface area contributed by atoms with Crippen LogP contribution in [0.15, 0.2) is 70.7 Å². The summed E-state index contributed by atoms with van der Waals surface area (Å²) in [5.74, 6) is 2.09. The first-order valence-electron chi connectivity index (χ1n) is 7.29. The Morgan fingerprint density at radius 1 is 0.913 bits per heavy atom. The van der Waals surface area contributed by atoms with E-state index in [-0.39, 0.29) is 0 Å². The highest BCUT2D eigenvalue weighted by Crippen LogP contribution is 2.24. The molecule has 3 rings (SSSR count). The van der Waals surface area contributed by atoms with Crippen LogP contribution in [0.5, 0.6) is 0 Å². The minimum Gasteiger partial charge on any atom is -0.232 e. The van der Waals surface area contributed by atoms with Gasteiger partial charge in [-0.1, -0.05) is 48.2 Å². The predicted octanol–water partition coefficient (Wildman–Crippen LogP) is 4.57. The van der Waals surface area contributed by atoms with Gasteiger partial charge in [-0.15, -0.1) is 27.0 Å². The molecule has 120 valence electrons. The Kier molecular flexibility index (Phi) is 6.10. The third kappa shape index (κ3) is 4.81. The van der Waals surface area contributed by atoms with E-state index in [1.54, 1.807) is 11.8 Å². The lowest BCUT2D eigenvalue weighted by molar-refractivity contribution is 0.397. The summed E-state index contributed by atoms with van der Waals surface area (Å²) in [7, 11) is 0. The van der Waals surface area contributed by atoms with Gasteiger partial charge in [-0.05, 0) is 36.4 Å². The van der Waals surface area contributed by atoms with Gasteiger partial charge in [0.1, 0.15) is 0 Å². The Morgan fingerprint density at radius 3 is 2.30 bits per heavy atom. The molecule has 1 aliphatic rings. The zero-order valence-corrected chi connectivity index (χ0v) is 14.8. The van der Waals surface area contributed by atoms with Gasteiger partial charge in [-0.2, -0.15) is 0 Å². The average molecular weight is 365 g/mol. The molecule has 7 heteroatoms. The SMILES string of the molecule is ClN1N=C(SCCCSc2ccccc2)N(c2ccccc2)N1. The molecule has 0 radical (unpaired) electrons. The van der Waals surface area contributed by atoms with E-state index in [1.807, 2.05) is 53.2 Å². The van der Waals surface area contributed by atoms with Gasteiger partial charge in [0.15, 0.2) is 0 Å². The zero-order valence-electron chi connectivity index (χ0n) is 12.4. The molecule has 0 unspecified atom stereocenters. The molecule has 0 saturated heterocycles. The summed E-state index contributed by atoms with van der Waals surface area (Å²) >= 11 is 9.53. The van der Waals surface area contributed by atoms with Gasteiger partial charge in [-0.3, -0.25) is 0 Å². The van der Waals surface area contributed by atoms with Gasteiger partial charge in [0.2, 0.25) is 5.17 Å². The van der Waals surface area contributed by atoms with E-state index >= 15 is 0 Å². The molecule has 2 aromatic rings. The maximum atomic E-state index is 5.95. The highest BCUT2D eigenvalue weighted by molar-refractivity contribution is 8.14. The topological polar surface area (TPSA) is 30.9 Å². The lowest BCUT2D eigenvalue weighted by Crippen LogP contribution is -2.39. The molecule has 0 amide bonds. The van der Waals surface area contributed by atoms with E-state index in [9.17, 15) is 0 Å². The Balaban J connectivity index is 1.46. The highest BCUT2D eigenvalue weighted by atomic mass is 35.5. The molecule has 1 heterocycles. The van der Waals surface area contributed by atoms with E-state index in [2.05, 4.69) is 34.9 Å². The van der Waals surface area contributed by atoms with Crippen LogP contribution in [0.3, 0.4) is 0 Å². The van der Waals surface area contributed by atoms with Gasteiger partial charge in [0, 0.05) is 10.6 Å². The van der Waals surface area contributed by atoms with E-state index < -0.39 is 0 Å². The summed E-state index contributed by atoms with van der Waals surface area (Å²) in [4.78, 5) is 1.32. The first-order valence-corrected chi connectivity index (χ1v) is 9.60. The second-order valence-corrected chi connectivity index (χ2v) is 7.33. The van der Waals surface area contributed by atoms with E-state index in [1.165, 1.54) is 9.53 Å². The molecule has 0 bridgehead atoms. The average Bonchev–Trinajstić information content (AvgIpc) is 2.97. The predicted molar refractivity (Wildman–Crippen MR) is 101 cm³/mol. The summed E-state index contributed by atoms with van der Waals surface area (Å²) in [6.45, 7) is 0. The number of benzene rings is 2. The van der Waals surface area contributed by atoms with Crippen molar-refractivity contribution in [3.8, 4) is 0 Å². The number of anilines is 1. The summed E-state index contributed by atoms with van der Waals surface area (Å²) in [5, 5.41) is 7.04. The molecular formula is C16H17ClN4S2. The quantitative estimate of drug-likeness (QED) is 0.461. The first-order chi connectivity index (χ1) is 11.3. The number of rotatable bonds is 6. The number of nitrogens with one attached hydrogen (secondary N) is 1. The number of hydrazine groups is 2. The van der Waals surface area contributed by atoms with Crippen molar-refractivity contribution in [3.63, 3.8) is 0 Å². The van der Waals surface area contributed by atoms with Gasteiger partial charge in [0.25, 0.3) is 0 Å².